The Labute approximate surface area is 601 Å². The van der Waals surface area contributed by atoms with Gasteiger partial charge in [0.15, 0.2) is 17.9 Å². The minimum Gasteiger partial charge on any atom is -0.480 e. The minimum absolute atomic E-state index is 0.0232. The third-order valence-electron chi connectivity index (χ3n) is 19.5. The fraction of sp³-hybridized carbons (Fsp3) is 0.565. The second kappa shape index (κ2) is 37.8. The molecule has 2 aromatic carbocycles. The van der Waals surface area contributed by atoms with Gasteiger partial charge in [-0.25, -0.2) is 4.79 Å². The third-order valence-corrected chi connectivity index (χ3v) is 20.4. The van der Waals surface area contributed by atoms with E-state index in [-0.39, 0.29) is 121 Å². The second-order valence-electron chi connectivity index (χ2n) is 27.5. The first-order chi connectivity index (χ1) is 49.3. The van der Waals surface area contributed by atoms with Crippen LogP contribution in [-0.4, -0.2) is 220 Å². The molecule has 3 aromatic rings. The van der Waals surface area contributed by atoms with Gasteiger partial charge in [-0.15, -0.1) is 11.3 Å². The van der Waals surface area contributed by atoms with Crippen LogP contribution in [0.4, 0.5) is 0 Å². The van der Waals surface area contributed by atoms with E-state index in [0.717, 1.165) is 48.3 Å². The van der Waals surface area contributed by atoms with Crippen molar-refractivity contribution in [1.29, 1.82) is 0 Å². The number of rotatable bonds is 38. The molecule has 0 spiro atoms. The summed E-state index contributed by atoms with van der Waals surface area (Å²) < 4.78 is 0. The number of carbonyl (C=O) groups is 11. The monoisotopic (exact) mass is 1450 g/mol. The van der Waals surface area contributed by atoms with E-state index < -0.39 is 139 Å². The Balaban J connectivity index is 0.918. The predicted molar refractivity (Wildman–Crippen MR) is 381 cm³/mol. The maximum atomic E-state index is 14.9. The number of amides is 10. The first kappa shape index (κ1) is 78.8. The van der Waals surface area contributed by atoms with Crippen molar-refractivity contribution in [2.24, 2.45) is 72.5 Å². The maximum Gasteiger partial charge on any atom is 0.326 e. The molecule has 0 unspecified atom stereocenters. The summed E-state index contributed by atoms with van der Waals surface area (Å²) in [5.74, 6) is -7.98. The highest BCUT2D eigenvalue weighted by molar-refractivity contribution is 7.09. The first-order valence-corrected chi connectivity index (χ1v) is 35.9. The molecule has 2 saturated heterocycles. The number of aliphatic imine (C=N–C) groups is 3. The van der Waals surface area contributed by atoms with Gasteiger partial charge in [-0.05, 0) is 130 Å². The molecule has 6 aliphatic rings. The van der Waals surface area contributed by atoms with Gasteiger partial charge >= 0.3 is 5.97 Å². The zero-order valence-corrected chi connectivity index (χ0v) is 58.5. The van der Waals surface area contributed by atoms with E-state index in [1.807, 2.05) is 0 Å². The Morgan fingerprint density at radius 2 is 1.12 bits per heavy atom. The number of nitrogens with zero attached hydrogens (tertiary/aromatic N) is 6. The molecule has 560 valence electrons. The number of thiophene rings is 1. The lowest BCUT2D eigenvalue weighted by Gasteiger charge is -2.55. The lowest BCUT2D eigenvalue weighted by Crippen LogP contribution is -2.60. The number of aliphatic hydroxyl groups excluding tert-OH is 2. The molecular formula is C69H99N19O14S. The molecule has 10 amide bonds. The van der Waals surface area contributed by atoms with Crippen molar-refractivity contribution in [2.75, 3.05) is 52.4 Å². The van der Waals surface area contributed by atoms with Gasteiger partial charge in [-0.1, -0.05) is 66.7 Å². The van der Waals surface area contributed by atoms with Crippen LogP contribution in [0.15, 0.2) is 93.2 Å². The number of likely N-dealkylation sites (tertiary alicyclic amines) is 2. The molecule has 33 nitrogen and oxygen atoms in total. The molecule has 3 heterocycles. The van der Waals surface area contributed by atoms with Crippen molar-refractivity contribution < 1.29 is 68.1 Å². The highest BCUT2D eigenvalue weighted by atomic mass is 32.1. The SMILES string of the molecule is NC(N)=NCCC[C@H](NC(=O)CN(Cc1ccccc1)C(=O)[C@@H](Cc1ccccc1)NC(=O)[C@H](CO)NC(=O)[C@H](Cc1cccs1)NC(=O)CNC(=O)[C@@H]1C[C@@H](O)CN1C(=O)[C@@H]1CCCN1C(=O)[C@H](CCCN=C(N)N)NC(=O)[C@@H](CCCN=C(N)N)NC(=O)C12CC3CC(CC(C3)C1)C2)C(=O)O. The molecule has 22 N–H and O–H groups in total. The zero-order valence-electron chi connectivity index (χ0n) is 57.7. The number of carboxylic acid groups (broad SMARTS) is 1. The van der Waals surface area contributed by atoms with Crippen LogP contribution in [0, 0.1) is 23.2 Å². The van der Waals surface area contributed by atoms with E-state index >= 15 is 0 Å². The summed E-state index contributed by atoms with van der Waals surface area (Å²) in [5.41, 5.74) is 33.8. The van der Waals surface area contributed by atoms with Crippen LogP contribution in [0.25, 0.3) is 0 Å². The lowest BCUT2D eigenvalue weighted by molar-refractivity contribution is -0.149. The van der Waals surface area contributed by atoms with Gasteiger partial charge in [-0.3, -0.25) is 62.9 Å². The summed E-state index contributed by atoms with van der Waals surface area (Å²) in [6.07, 6.45) is 5.16. The number of hydrogen-bond acceptors (Lipinski definition) is 17. The Kier molecular flexibility index (Phi) is 28.9. The number of aliphatic carboxylic acids is 1. The van der Waals surface area contributed by atoms with Gasteiger partial charge in [0, 0.05) is 68.8 Å². The van der Waals surface area contributed by atoms with Gasteiger partial charge in [-0.2, -0.15) is 0 Å². The Bertz CT molecular complexity index is 3500. The molecule has 4 aliphatic carbocycles. The zero-order chi connectivity index (χ0) is 74.3. The molecule has 103 heavy (non-hydrogen) atoms. The lowest BCUT2D eigenvalue weighted by atomic mass is 9.49. The van der Waals surface area contributed by atoms with Gasteiger partial charge in [0.25, 0.3) is 0 Å². The molecule has 34 heteroatoms. The Morgan fingerprint density at radius 3 is 1.68 bits per heavy atom. The number of guanidine groups is 3. The van der Waals surface area contributed by atoms with Crippen molar-refractivity contribution in [2.45, 2.75) is 170 Å². The summed E-state index contributed by atoms with van der Waals surface area (Å²) >= 11 is 1.25. The smallest absolute Gasteiger partial charge is 0.326 e. The summed E-state index contributed by atoms with van der Waals surface area (Å²) in [4.78, 5) is 172. The number of nitrogens with two attached hydrogens (primary N) is 6. The third kappa shape index (κ3) is 23.0. The summed E-state index contributed by atoms with van der Waals surface area (Å²) in [5, 5.41) is 52.1. The highest BCUT2D eigenvalue weighted by Gasteiger charge is 2.55. The van der Waals surface area contributed by atoms with Crippen molar-refractivity contribution in [3.05, 3.63) is 94.2 Å². The Hall–Kier alpha value is -9.96. The average Bonchev–Trinajstić information content (AvgIpc) is 1.26. The minimum atomic E-state index is -1.74. The van der Waals surface area contributed by atoms with Crippen molar-refractivity contribution in [3.63, 3.8) is 0 Å². The molecule has 9 atom stereocenters. The molecule has 9 rings (SSSR count). The van der Waals surface area contributed by atoms with Crippen LogP contribution in [0.5, 0.6) is 0 Å². The van der Waals surface area contributed by atoms with Gasteiger partial charge in [0.1, 0.15) is 48.3 Å². The fourth-order valence-electron chi connectivity index (χ4n) is 15.1. The number of aliphatic hydroxyl groups is 2. The number of nitrogens with one attached hydrogen (secondary N) is 7. The quantitative estimate of drug-likeness (QED) is 0.0154. The molecule has 1 aromatic heterocycles. The summed E-state index contributed by atoms with van der Waals surface area (Å²) in [6, 6.07) is 9.67. The fourth-order valence-corrected chi connectivity index (χ4v) is 15.8. The standard InChI is InChI=1S/C69H99N19O14S/c70-66(71)76-21-7-17-47(85-65(102)69-32-42-26-43(33-69)28-44(27-42)34-69)57(93)82-48(18-8-22-77-67(72)73)62(98)87-24-10-20-53(87)63(99)88-37-45(90)30-54(88)60(96)79-35-55(91)81-50(31-46-16-11-25-103-46)58(94)84-52(39-89)59(95)83-51(29-40-12-3-1-4-13-40)61(97)86(36-41-14-5-2-6-15-41)38-56(92)80-49(64(100)101)19-9-23-78-68(74)75/h1-6,11-16,25,42-45,47-54,89-90H,7-10,17-24,26-39H2,(H,79,96)(H,80,92)(H,81,91)(H,82,93)(H,83,95)(H,84,94)(H,85,102)(H,100,101)(H4,70,71,76)(H4,72,73,77)(H4,74,75,78)/t42?,43?,44?,45-,47-,48+,49+,50+,51-,52+,53+,54+,69?/m1/s1. The topological polar surface area (TPSA) is 536 Å². The predicted octanol–water partition coefficient (Wildman–Crippen LogP) is -3.01. The summed E-state index contributed by atoms with van der Waals surface area (Å²) in [6.45, 7) is -2.45. The number of carbonyl (C=O) groups excluding carboxylic acids is 10. The number of β-amino-alcohol motifs (C(OH)–C–C–N with tert-alkyl or cyclic N) is 1. The van der Waals surface area contributed by atoms with Crippen molar-refractivity contribution in [1.82, 2.24) is 51.9 Å². The van der Waals surface area contributed by atoms with Crippen LogP contribution in [0.2, 0.25) is 0 Å². The van der Waals surface area contributed by atoms with Crippen molar-refractivity contribution >= 4 is 94.3 Å². The van der Waals surface area contributed by atoms with Gasteiger partial charge in [0.05, 0.1) is 25.8 Å². The van der Waals surface area contributed by atoms with Gasteiger partial charge < -0.3 is 102 Å². The van der Waals surface area contributed by atoms with Gasteiger partial charge in [0.2, 0.25) is 59.1 Å². The van der Waals surface area contributed by atoms with Crippen LogP contribution in [0.1, 0.15) is 112 Å². The van der Waals surface area contributed by atoms with Crippen molar-refractivity contribution in [3.8, 4) is 0 Å². The van der Waals surface area contributed by atoms with E-state index in [9.17, 15) is 68.1 Å². The van der Waals surface area contributed by atoms with E-state index in [0.29, 0.717) is 46.6 Å². The molecule has 0 radical (unpaired) electrons. The van der Waals surface area contributed by atoms with Crippen LogP contribution in [-0.2, 0) is 72.1 Å². The normalized spacial score (nSPS) is 21.7. The number of carboxylic acids is 1. The molecule has 2 aliphatic heterocycles. The molecule has 4 bridgehead atoms. The van der Waals surface area contributed by atoms with E-state index in [4.69, 9.17) is 34.4 Å². The second-order valence-corrected chi connectivity index (χ2v) is 28.5. The molecule has 6 fully saturated rings. The van der Waals surface area contributed by atoms with Crippen LogP contribution < -0.4 is 71.6 Å². The number of hydrogen-bond donors (Lipinski definition) is 16. The van der Waals surface area contributed by atoms with E-state index in [2.05, 4.69) is 52.2 Å². The van der Waals surface area contributed by atoms with E-state index in [1.165, 1.54) is 16.2 Å². The van der Waals surface area contributed by atoms with Crippen LogP contribution in [0.3, 0.4) is 0 Å². The largest absolute Gasteiger partial charge is 0.480 e. The Morgan fingerprint density at radius 1 is 0.583 bits per heavy atom. The summed E-state index contributed by atoms with van der Waals surface area (Å²) in [7, 11) is 0. The average molecular weight is 1450 g/mol. The number of benzene rings is 2. The maximum absolute atomic E-state index is 14.9. The molecule has 4 saturated carbocycles. The van der Waals surface area contributed by atoms with E-state index in [1.54, 1.807) is 78.2 Å². The first-order valence-electron chi connectivity index (χ1n) is 35.0. The van der Waals surface area contributed by atoms with Crippen LogP contribution >= 0.6 is 11.3 Å². The highest BCUT2D eigenvalue weighted by Crippen LogP contribution is 2.60. The molecular weight excluding hydrogens is 1350 g/mol.